The van der Waals surface area contributed by atoms with Gasteiger partial charge in [0.1, 0.15) is 5.82 Å². The Kier molecular flexibility index (Phi) is 7.29. The highest BCUT2D eigenvalue weighted by Crippen LogP contribution is 2.20. The van der Waals surface area contributed by atoms with E-state index in [0.29, 0.717) is 19.8 Å². The van der Waals surface area contributed by atoms with Crippen molar-refractivity contribution in [3.63, 3.8) is 0 Å². The fourth-order valence-electron chi connectivity index (χ4n) is 1.92. The molecule has 0 spiro atoms. The summed E-state index contributed by atoms with van der Waals surface area (Å²) in [4.78, 5) is 0. The third kappa shape index (κ3) is 7.55. The molecule has 1 rings (SSSR count). The van der Waals surface area contributed by atoms with Gasteiger partial charge in [0, 0.05) is 18.7 Å². The first kappa shape index (κ1) is 18.1. The normalized spacial score (nSPS) is 15.0. The highest BCUT2D eigenvalue weighted by atomic mass is 19.1. The molecule has 0 amide bonds. The van der Waals surface area contributed by atoms with E-state index < -0.39 is 0 Å². The zero-order valence-electron chi connectivity index (χ0n) is 13.8. The lowest BCUT2D eigenvalue weighted by atomic mass is 10.1. The van der Waals surface area contributed by atoms with E-state index in [1.165, 1.54) is 12.1 Å². The molecule has 1 aromatic rings. The van der Waals surface area contributed by atoms with Crippen LogP contribution in [0.4, 0.5) is 4.39 Å². The quantitative estimate of drug-likeness (QED) is 0.793. The number of ether oxygens (including phenoxy) is 2. The standard InChI is InChI=1S/C17H28FNO2/c1-6-20-12-13(2)21-16(11-19-17(3,4)5)14-7-9-15(18)10-8-14/h7-10,13,16,19H,6,11-12H2,1-5H3. The Bertz CT molecular complexity index is 400. The fourth-order valence-corrected chi connectivity index (χ4v) is 1.92. The van der Waals surface area contributed by atoms with Crippen LogP contribution in [0.15, 0.2) is 24.3 Å². The average molecular weight is 297 g/mol. The fraction of sp³-hybridized carbons (Fsp3) is 0.647. The van der Waals surface area contributed by atoms with E-state index in [-0.39, 0.29) is 23.6 Å². The molecule has 0 bridgehead atoms. The molecule has 4 heteroatoms. The van der Waals surface area contributed by atoms with E-state index in [0.717, 1.165) is 5.56 Å². The van der Waals surface area contributed by atoms with Gasteiger partial charge in [-0.15, -0.1) is 0 Å². The van der Waals surface area contributed by atoms with Crippen LogP contribution >= 0.6 is 0 Å². The van der Waals surface area contributed by atoms with Gasteiger partial charge in [-0.2, -0.15) is 0 Å². The molecule has 0 fully saturated rings. The molecule has 1 N–H and O–H groups in total. The largest absolute Gasteiger partial charge is 0.379 e. The monoisotopic (exact) mass is 297 g/mol. The van der Waals surface area contributed by atoms with E-state index in [4.69, 9.17) is 9.47 Å². The lowest BCUT2D eigenvalue weighted by Crippen LogP contribution is -2.39. The summed E-state index contributed by atoms with van der Waals surface area (Å²) in [6.45, 7) is 12.2. The van der Waals surface area contributed by atoms with Crippen molar-refractivity contribution < 1.29 is 13.9 Å². The highest BCUT2D eigenvalue weighted by Gasteiger charge is 2.19. The minimum absolute atomic E-state index is 0.00476. The number of hydrogen-bond acceptors (Lipinski definition) is 3. The number of hydrogen-bond donors (Lipinski definition) is 1. The number of rotatable bonds is 8. The summed E-state index contributed by atoms with van der Waals surface area (Å²) in [7, 11) is 0. The molecule has 1 aromatic carbocycles. The summed E-state index contributed by atoms with van der Waals surface area (Å²) in [6, 6.07) is 6.49. The van der Waals surface area contributed by atoms with Crippen LogP contribution in [-0.2, 0) is 9.47 Å². The van der Waals surface area contributed by atoms with Crippen molar-refractivity contribution in [2.75, 3.05) is 19.8 Å². The van der Waals surface area contributed by atoms with Crippen LogP contribution < -0.4 is 5.32 Å². The second-order valence-corrected chi connectivity index (χ2v) is 6.28. The van der Waals surface area contributed by atoms with Crippen LogP contribution in [0.1, 0.15) is 46.3 Å². The topological polar surface area (TPSA) is 30.5 Å². The average Bonchev–Trinajstić information content (AvgIpc) is 2.41. The summed E-state index contributed by atoms with van der Waals surface area (Å²) >= 11 is 0. The molecule has 2 unspecified atom stereocenters. The van der Waals surface area contributed by atoms with Gasteiger partial charge in [0.05, 0.1) is 18.8 Å². The minimum atomic E-state index is -0.233. The Balaban J connectivity index is 2.71. The SMILES string of the molecule is CCOCC(C)OC(CNC(C)(C)C)c1ccc(F)cc1. The first-order valence-electron chi connectivity index (χ1n) is 7.55. The van der Waals surface area contributed by atoms with Crippen molar-refractivity contribution in [3.05, 3.63) is 35.6 Å². The number of nitrogens with one attached hydrogen (secondary N) is 1. The maximum Gasteiger partial charge on any atom is 0.123 e. The summed E-state index contributed by atoms with van der Waals surface area (Å²) in [5, 5.41) is 3.44. The van der Waals surface area contributed by atoms with Crippen LogP contribution in [0.3, 0.4) is 0 Å². The second-order valence-electron chi connectivity index (χ2n) is 6.28. The Labute approximate surface area is 127 Å². The van der Waals surface area contributed by atoms with Gasteiger partial charge in [-0.3, -0.25) is 0 Å². The van der Waals surface area contributed by atoms with Crippen molar-refractivity contribution in [1.29, 1.82) is 0 Å². The number of benzene rings is 1. The van der Waals surface area contributed by atoms with Crippen LogP contribution in [-0.4, -0.2) is 31.4 Å². The van der Waals surface area contributed by atoms with Gasteiger partial charge in [0.2, 0.25) is 0 Å². The minimum Gasteiger partial charge on any atom is -0.379 e. The summed E-state index contributed by atoms with van der Waals surface area (Å²) < 4.78 is 24.5. The second kappa shape index (κ2) is 8.47. The molecule has 2 atom stereocenters. The van der Waals surface area contributed by atoms with Gasteiger partial charge in [-0.05, 0) is 52.3 Å². The van der Waals surface area contributed by atoms with Gasteiger partial charge < -0.3 is 14.8 Å². The maximum atomic E-state index is 13.1. The van der Waals surface area contributed by atoms with E-state index in [1.54, 1.807) is 12.1 Å². The molecule has 0 aliphatic heterocycles. The van der Waals surface area contributed by atoms with Crippen LogP contribution in [0, 0.1) is 5.82 Å². The zero-order chi connectivity index (χ0) is 15.9. The van der Waals surface area contributed by atoms with Gasteiger partial charge in [0.15, 0.2) is 0 Å². The molecule has 0 radical (unpaired) electrons. The van der Waals surface area contributed by atoms with E-state index >= 15 is 0 Å². The molecular formula is C17H28FNO2. The molecule has 0 saturated carbocycles. The van der Waals surface area contributed by atoms with Gasteiger partial charge in [-0.25, -0.2) is 4.39 Å². The molecule has 21 heavy (non-hydrogen) atoms. The predicted octanol–water partition coefficient (Wildman–Crippen LogP) is 3.70. The lowest BCUT2D eigenvalue weighted by Gasteiger charge is -2.28. The van der Waals surface area contributed by atoms with Crippen LogP contribution in [0.25, 0.3) is 0 Å². The van der Waals surface area contributed by atoms with Gasteiger partial charge >= 0.3 is 0 Å². The van der Waals surface area contributed by atoms with Crippen molar-refractivity contribution in [1.82, 2.24) is 5.32 Å². The highest BCUT2D eigenvalue weighted by molar-refractivity contribution is 5.19. The van der Waals surface area contributed by atoms with Crippen molar-refractivity contribution in [2.45, 2.75) is 52.4 Å². The first-order valence-corrected chi connectivity index (χ1v) is 7.55. The summed E-state index contributed by atoms with van der Waals surface area (Å²) in [5.41, 5.74) is 0.974. The molecule has 120 valence electrons. The maximum absolute atomic E-state index is 13.1. The van der Waals surface area contributed by atoms with Crippen LogP contribution in [0.5, 0.6) is 0 Å². The van der Waals surface area contributed by atoms with Crippen molar-refractivity contribution in [2.24, 2.45) is 0 Å². The molecule has 0 aromatic heterocycles. The Morgan fingerprint density at radius 1 is 1.19 bits per heavy atom. The summed E-state index contributed by atoms with van der Waals surface area (Å²) in [5.74, 6) is -0.233. The smallest absolute Gasteiger partial charge is 0.123 e. The van der Waals surface area contributed by atoms with Crippen molar-refractivity contribution >= 4 is 0 Å². The molecule has 0 aliphatic rings. The molecule has 0 heterocycles. The Hall–Kier alpha value is -0.970. The van der Waals surface area contributed by atoms with Gasteiger partial charge in [-0.1, -0.05) is 12.1 Å². The Morgan fingerprint density at radius 3 is 2.33 bits per heavy atom. The molecule has 3 nitrogen and oxygen atoms in total. The molecule has 0 aliphatic carbocycles. The van der Waals surface area contributed by atoms with E-state index in [9.17, 15) is 4.39 Å². The Morgan fingerprint density at radius 2 is 1.81 bits per heavy atom. The van der Waals surface area contributed by atoms with Gasteiger partial charge in [0.25, 0.3) is 0 Å². The molecular weight excluding hydrogens is 269 g/mol. The first-order chi connectivity index (χ1) is 9.81. The molecule has 0 saturated heterocycles. The predicted molar refractivity (Wildman–Crippen MR) is 83.9 cm³/mol. The van der Waals surface area contributed by atoms with E-state index in [1.807, 2.05) is 13.8 Å². The lowest BCUT2D eigenvalue weighted by molar-refractivity contribution is -0.0486. The van der Waals surface area contributed by atoms with E-state index in [2.05, 4.69) is 26.1 Å². The van der Waals surface area contributed by atoms with Crippen molar-refractivity contribution in [3.8, 4) is 0 Å². The number of halogens is 1. The third-order valence-corrected chi connectivity index (χ3v) is 3.01. The van der Waals surface area contributed by atoms with Crippen LogP contribution in [0.2, 0.25) is 0 Å². The third-order valence-electron chi connectivity index (χ3n) is 3.01. The summed E-state index contributed by atoms with van der Waals surface area (Å²) in [6.07, 6.45) is -0.137. The zero-order valence-corrected chi connectivity index (χ0v) is 13.8.